The van der Waals surface area contributed by atoms with E-state index in [0.29, 0.717) is 18.5 Å². The zero-order valence-electron chi connectivity index (χ0n) is 14.9. The minimum absolute atomic E-state index is 0.0425. The van der Waals surface area contributed by atoms with Crippen molar-refractivity contribution in [2.45, 2.75) is 44.6 Å². The molecule has 5 heteroatoms. The van der Waals surface area contributed by atoms with Crippen molar-refractivity contribution in [3.8, 4) is 0 Å². The lowest BCUT2D eigenvalue weighted by Crippen LogP contribution is -2.44. The van der Waals surface area contributed by atoms with Gasteiger partial charge in [0, 0.05) is 26.3 Å². The van der Waals surface area contributed by atoms with Crippen LogP contribution in [0.3, 0.4) is 0 Å². The average molecular weight is 332 g/mol. The second-order valence-corrected chi connectivity index (χ2v) is 6.88. The third-order valence-electron chi connectivity index (χ3n) is 4.92. The average Bonchev–Trinajstić information content (AvgIpc) is 2.56. The molecule has 24 heavy (non-hydrogen) atoms. The number of carbonyl (C=O) groups is 2. The van der Waals surface area contributed by atoms with Gasteiger partial charge in [0.2, 0.25) is 5.91 Å². The van der Waals surface area contributed by atoms with Crippen LogP contribution in [0.25, 0.3) is 0 Å². The zero-order valence-corrected chi connectivity index (χ0v) is 14.9. The number of hydrogen-bond donors (Lipinski definition) is 2. The highest BCUT2D eigenvalue weighted by Gasteiger charge is 2.31. The van der Waals surface area contributed by atoms with E-state index in [2.05, 4.69) is 17.6 Å². The van der Waals surface area contributed by atoms with Crippen LogP contribution >= 0.6 is 0 Å². The lowest BCUT2D eigenvalue weighted by Gasteiger charge is -2.36. The highest BCUT2D eigenvalue weighted by Crippen LogP contribution is 2.34. The summed E-state index contributed by atoms with van der Waals surface area (Å²) in [6.07, 6.45) is 5.13. The van der Waals surface area contributed by atoms with Crippen LogP contribution in [0.4, 0.5) is 0 Å². The Balaban J connectivity index is 1.87. The Morgan fingerprint density at radius 1 is 1.25 bits per heavy atom. The fourth-order valence-electron chi connectivity index (χ4n) is 2.95. The number of carbonyl (C=O) groups excluding carboxylic acids is 2. The lowest BCUT2D eigenvalue weighted by atomic mass is 9.77. The number of likely N-dealkylation sites (N-methyl/N-ethyl adjacent to an activating group) is 1. The summed E-state index contributed by atoms with van der Waals surface area (Å²) in [4.78, 5) is 23.7. The molecule has 1 aromatic carbocycles. The van der Waals surface area contributed by atoms with Gasteiger partial charge < -0.3 is 15.4 Å². The minimum atomic E-state index is -0.320. The molecule has 1 unspecified atom stereocenters. The molecule has 132 valence electrons. The minimum Gasteiger partial charge on any atom is -0.377 e. The summed E-state index contributed by atoms with van der Waals surface area (Å²) < 4.78 is 5.65. The van der Waals surface area contributed by atoms with E-state index in [4.69, 9.17) is 4.74 Å². The molecule has 0 bridgehead atoms. The summed E-state index contributed by atoms with van der Waals surface area (Å²) in [6.45, 7) is 2.55. The Hall–Kier alpha value is -1.88. The molecule has 2 amide bonds. The van der Waals surface area contributed by atoms with Crippen LogP contribution < -0.4 is 10.6 Å². The molecule has 1 aromatic rings. The predicted octanol–water partition coefficient (Wildman–Crippen LogP) is 2.30. The SMILES string of the molecule is CNC(=O)Cc1ccc(C(=O)NCC(C)(CC2CCC2)OC)cc1. The Bertz CT molecular complexity index is 566. The maximum Gasteiger partial charge on any atom is 0.251 e. The van der Waals surface area contributed by atoms with E-state index in [1.165, 1.54) is 19.3 Å². The van der Waals surface area contributed by atoms with Crippen molar-refractivity contribution in [1.29, 1.82) is 0 Å². The molecule has 5 nitrogen and oxygen atoms in total. The quantitative estimate of drug-likeness (QED) is 0.767. The van der Waals surface area contributed by atoms with E-state index >= 15 is 0 Å². The van der Waals surface area contributed by atoms with Crippen LogP contribution in [0.15, 0.2) is 24.3 Å². The number of amides is 2. The summed E-state index contributed by atoms with van der Waals surface area (Å²) in [5, 5.41) is 5.56. The van der Waals surface area contributed by atoms with E-state index in [9.17, 15) is 9.59 Å². The molecule has 1 saturated carbocycles. The van der Waals surface area contributed by atoms with E-state index < -0.39 is 0 Å². The third-order valence-corrected chi connectivity index (χ3v) is 4.92. The molecule has 0 heterocycles. The van der Waals surface area contributed by atoms with Crippen LogP contribution in [0, 0.1) is 5.92 Å². The van der Waals surface area contributed by atoms with E-state index in [-0.39, 0.29) is 17.4 Å². The highest BCUT2D eigenvalue weighted by molar-refractivity contribution is 5.94. The van der Waals surface area contributed by atoms with Gasteiger partial charge >= 0.3 is 0 Å². The maximum atomic E-state index is 12.3. The lowest BCUT2D eigenvalue weighted by molar-refractivity contribution is -0.119. The summed E-state index contributed by atoms with van der Waals surface area (Å²) >= 11 is 0. The fourth-order valence-corrected chi connectivity index (χ4v) is 2.95. The first kappa shape index (κ1) is 18.5. The van der Waals surface area contributed by atoms with Crippen LogP contribution in [0.5, 0.6) is 0 Å². The fraction of sp³-hybridized carbons (Fsp3) is 0.579. The number of benzene rings is 1. The van der Waals surface area contributed by atoms with Gasteiger partial charge in [-0.2, -0.15) is 0 Å². The van der Waals surface area contributed by atoms with Gasteiger partial charge in [-0.3, -0.25) is 9.59 Å². The van der Waals surface area contributed by atoms with Crippen molar-refractivity contribution in [3.63, 3.8) is 0 Å². The number of nitrogens with one attached hydrogen (secondary N) is 2. The molecule has 0 aliphatic heterocycles. The molecular formula is C19H28N2O3. The monoisotopic (exact) mass is 332 g/mol. The van der Waals surface area contributed by atoms with E-state index in [0.717, 1.165) is 17.9 Å². The van der Waals surface area contributed by atoms with Crippen molar-refractivity contribution in [2.75, 3.05) is 20.7 Å². The normalized spacial score (nSPS) is 16.8. The summed E-state index contributed by atoms with van der Waals surface area (Å²) in [6, 6.07) is 7.13. The van der Waals surface area contributed by atoms with Gasteiger partial charge in [0.1, 0.15) is 0 Å². The molecule has 0 saturated heterocycles. The van der Waals surface area contributed by atoms with Gasteiger partial charge in [0.25, 0.3) is 5.91 Å². The number of ether oxygens (including phenoxy) is 1. The second kappa shape index (κ2) is 8.29. The molecule has 2 N–H and O–H groups in total. The van der Waals surface area contributed by atoms with E-state index in [1.54, 1.807) is 26.3 Å². The van der Waals surface area contributed by atoms with Crippen molar-refractivity contribution in [3.05, 3.63) is 35.4 Å². The van der Waals surface area contributed by atoms with E-state index in [1.807, 2.05) is 12.1 Å². The number of hydrogen-bond acceptors (Lipinski definition) is 3. The Morgan fingerprint density at radius 2 is 1.92 bits per heavy atom. The molecule has 0 spiro atoms. The van der Waals surface area contributed by atoms with Gasteiger partial charge in [-0.15, -0.1) is 0 Å². The smallest absolute Gasteiger partial charge is 0.251 e. The van der Waals surface area contributed by atoms with Crippen molar-refractivity contribution in [2.24, 2.45) is 5.92 Å². The molecule has 0 aromatic heterocycles. The molecule has 1 aliphatic carbocycles. The predicted molar refractivity (Wildman–Crippen MR) is 93.9 cm³/mol. The first-order valence-electron chi connectivity index (χ1n) is 8.58. The van der Waals surface area contributed by atoms with Gasteiger partial charge in [-0.05, 0) is 37.0 Å². The largest absolute Gasteiger partial charge is 0.377 e. The van der Waals surface area contributed by atoms with Crippen molar-refractivity contribution in [1.82, 2.24) is 10.6 Å². The van der Waals surface area contributed by atoms with Gasteiger partial charge in [-0.1, -0.05) is 31.4 Å². The summed E-state index contributed by atoms with van der Waals surface area (Å²) in [5.74, 6) is 0.563. The molecular weight excluding hydrogens is 304 g/mol. The van der Waals surface area contributed by atoms with Crippen molar-refractivity contribution >= 4 is 11.8 Å². The second-order valence-electron chi connectivity index (χ2n) is 6.88. The van der Waals surface area contributed by atoms with Crippen LogP contribution in [0.2, 0.25) is 0 Å². The van der Waals surface area contributed by atoms with Crippen LogP contribution in [0.1, 0.15) is 48.5 Å². The van der Waals surface area contributed by atoms with Crippen LogP contribution in [-0.2, 0) is 16.0 Å². The molecule has 1 aliphatic rings. The van der Waals surface area contributed by atoms with Gasteiger partial charge in [0.15, 0.2) is 0 Å². The van der Waals surface area contributed by atoms with Gasteiger partial charge in [0.05, 0.1) is 12.0 Å². The zero-order chi connectivity index (χ0) is 17.6. The Morgan fingerprint density at radius 3 is 2.42 bits per heavy atom. The maximum absolute atomic E-state index is 12.3. The number of rotatable bonds is 8. The first-order chi connectivity index (χ1) is 11.5. The summed E-state index contributed by atoms with van der Waals surface area (Å²) in [5.41, 5.74) is 1.16. The van der Waals surface area contributed by atoms with Gasteiger partial charge in [-0.25, -0.2) is 0 Å². The third kappa shape index (κ3) is 5.06. The van der Waals surface area contributed by atoms with Crippen molar-refractivity contribution < 1.29 is 14.3 Å². The van der Waals surface area contributed by atoms with Crippen LogP contribution in [-0.4, -0.2) is 38.1 Å². The molecule has 1 atom stereocenters. The Labute approximate surface area is 144 Å². The number of methoxy groups -OCH3 is 1. The Kier molecular flexibility index (Phi) is 6.37. The first-order valence-corrected chi connectivity index (χ1v) is 8.58. The standard InChI is InChI=1S/C19H28N2O3/c1-19(24-3,12-15-5-4-6-15)13-21-18(23)16-9-7-14(8-10-16)11-17(22)20-2/h7-10,15H,4-6,11-13H2,1-3H3,(H,20,22)(H,21,23). The molecule has 1 fully saturated rings. The molecule has 2 rings (SSSR count). The topological polar surface area (TPSA) is 67.4 Å². The summed E-state index contributed by atoms with van der Waals surface area (Å²) in [7, 11) is 3.32. The molecule has 0 radical (unpaired) electrons. The highest BCUT2D eigenvalue weighted by atomic mass is 16.5.